The van der Waals surface area contributed by atoms with Crippen molar-refractivity contribution in [1.82, 2.24) is 24.8 Å². The summed E-state index contributed by atoms with van der Waals surface area (Å²) in [5, 5.41) is 6.87. The smallest absolute Gasteiger partial charge is 0.253 e. The summed E-state index contributed by atoms with van der Waals surface area (Å²) >= 11 is 0. The van der Waals surface area contributed by atoms with E-state index >= 15 is 0 Å². The first-order valence-corrected chi connectivity index (χ1v) is 8.93. The maximum absolute atomic E-state index is 12.4. The Kier molecular flexibility index (Phi) is 4.78. The van der Waals surface area contributed by atoms with Crippen molar-refractivity contribution in [3.05, 3.63) is 54.2 Å². The molecule has 1 aliphatic rings. The number of rotatable bonds is 6. The van der Waals surface area contributed by atoms with Gasteiger partial charge in [0.05, 0.1) is 36.4 Å². The molecule has 3 aromatic rings. The Morgan fingerprint density at radius 3 is 3.04 bits per heavy atom. The highest BCUT2D eigenvalue weighted by Crippen LogP contribution is 2.14. The summed E-state index contributed by atoms with van der Waals surface area (Å²) in [5.41, 5.74) is 3.81. The lowest BCUT2D eigenvalue weighted by molar-refractivity contribution is 0.0753. The highest BCUT2D eigenvalue weighted by Gasteiger charge is 2.21. The molecule has 0 radical (unpaired) electrons. The van der Waals surface area contributed by atoms with Crippen molar-refractivity contribution in [2.24, 2.45) is 5.16 Å². The fraction of sp³-hybridized carbons (Fsp3) is 0.316. The molecule has 0 spiro atoms. The van der Waals surface area contributed by atoms with Gasteiger partial charge in [-0.15, -0.1) is 0 Å². The highest BCUT2D eigenvalue weighted by atomic mass is 16.6. The predicted molar refractivity (Wildman–Crippen MR) is 100 cm³/mol. The van der Waals surface area contributed by atoms with E-state index < -0.39 is 0 Å². The third kappa shape index (κ3) is 3.79. The van der Waals surface area contributed by atoms with Gasteiger partial charge < -0.3 is 14.7 Å². The Bertz CT molecular complexity index is 982. The third-order valence-electron chi connectivity index (χ3n) is 4.47. The normalized spacial score (nSPS) is 16.2. The number of hydrogen-bond donors (Lipinski definition) is 1. The summed E-state index contributed by atoms with van der Waals surface area (Å²) in [4.78, 5) is 30.8. The van der Waals surface area contributed by atoms with Crippen LogP contribution in [0.2, 0.25) is 0 Å². The molecule has 4 heterocycles. The SMILES string of the molecule is CCC1=NOC(CNC(=O)c2cnc3c(c2)ncn3Cc2ccccn2)C1. The Morgan fingerprint density at radius 2 is 2.26 bits per heavy atom. The molecule has 8 heteroatoms. The number of pyridine rings is 2. The summed E-state index contributed by atoms with van der Waals surface area (Å²) in [6, 6.07) is 7.52. The molecule has 1 aliphatic heterocycles. The highest BCUT2D eigenvalue weighted by molar-refractivity contribution is 5.96. The van der Waals surface area contributed by atoms with E-state index in [1.807, 2.05) is 29.7 Å². The zero-order chi connectivity index (χ0) is 18.6. The van der Waals surface area contributed by atoms with Gasteiger partial charge in [-0.05, 0) is 24.6 Å². The second kappa shape index (κ2) is 7.53. The van der Waals surface area contributed by atoms with Crippen molar-refractivity contribution < 1.29 is 9.63 Å². The molecule has 0 aliphatic carbocycles. The van der Waals surface area contributed by atoms with Crippen molar-refractivity contribution in [3.63, 3.8) is 0 Å². The number of carbonyl (C=O) groups excluding carboxylic acids is 1. The van der Waals surface area contributed by atoms with Crippen LogP contribution in [0.4, 0.5) is 0 Å². The Hall–Kier alpha value is -3.29. The molecule has 27 heavy (non-hydrogen) atoms. The maximum Gasteiger partial charge on any atom is 0.253 e. The van der Waals surface area contributed by atoms with E-state index in [-0.39, 0.29) is 12.0 Å². The molecular formula is C19H20N6O2. The number of nitrogens with one attached hydrogen (secondary N) is 1. The van der Waals surface area contributed by atoms with Crippen LogP contribution in [0.25, 0.3) is 11.2 Å². The van der Waals surface area contributed by atoms with Gasteiger partial charge in [0.25, 0.3) is 5.91 Å². The molecule has 3 aromatic heterocycles. The Balaban J connectivity index is 1.42. The van der Waals surface area contributed by atoms with Crippen LogP contribution in [0.1, 0.15) is 35.8 Å². The lowest BCUT2D eigenvalue weighted by Gasteiger charge is -2.10. The number of imidazole rings is 1. The molecule has 0 saturated heterocycles. The summed E-state index contributed by atoms with van der Waals surface area (Å²) in [6.45, 7) is 3.03. The quantitative estimate of drug-likeness (QED) is 0.723. The van der Waals surface area contributed by atoms with Gasteiger partial charge in [0.2, 0.25) is 0 Å². The lowest BCUT2D eigenvalue weighted by atomic mass is 10.1. The number of aromatic nitrogens is 4. The summed E-state index contributed by atoms with van der Waals surface area (Å²) < 4.78 is 1.91. The van der Waals surface area contributed by atoms with Gasteiger partial charge in [-0.3, -0.25) is 9.78 Å². The molecule has 0 aromatic carbocycles. The number of nitrogens with zero attached hydrogens (tertiary/aromatic N) is 5. The average molecular weight is 364 g/mol. The van der Waals surface area contributed by atoms with Gasteiger partial charge in [0.1, 0.15) is 11.6 Å². The molecule has 0 fully saturated rings. The van der Waals surface area contributed by atoms with Gasteiger partial charge in [-0.25, -0.2) is 9.97 Å². The van der Waals surface area contributed by atoms with E-state index in [2.05, 4.69) is 25.4 Å². The summed E-state index contributed by atoms with van der Waals surface area (Å²) in [5.74, 6) is -0.197. The predicted octanol–water partition coefficient (Wildman–Crippen LogP) is 2.16. The molecule has 1 atom stereocenters. The number of oxime groups is 1. The lowest BCUT2D eigenvalue weighted by Crippen LogP contribution is -2.32. The molecule has 1 amide bonds. The van der Waals surface area contributed by atoms with Gasteiger partial charge in [-0.2, -0.15) is 0 Å². The summed E-state index contributed by atoms with van der Waals surface area (Å²) in [6.07, 6.45) is 6.56. The van der Waals surface area contributed by atoms with Crippen molar-refractivity contribution in [3.8, 4) is 0 Å². The average Bonchev–Trinajstić information content (AvgIpc) is 3.33. The fourth-order valence-electron chi connectivity index (χ4n) is 2.97. The van der Waals surface area contributed by atoms with Gasteiger partial charge >= 0.3 is 0 Å². The van der Waals surface area contributed by atoms with Crippen LogP contribution < -0.4 is 5.32 Å². The largest absolute Gasteiger partial charge is 0.390 e. The van der Waals surface area contributed by atoms with Crippen LogP contribution in [-0.4, -0.2) is 43.8 Å². The second-order valence-corrected chi connectivity index (χ2v) is 6.41. The van der Waals surface area contributed by atoms with Crippen LogP contribution in [0.3, 0.4) is 0 Å². The van der Waals surface area contributed by atoms with Crippen LogP contribution in [0.5, 0.6) is 0 Å². The number of fused-ring (bicyclic) bond motifs is 1. The van der Waals surface area contributed by atoms with Crippen LogP contribution in [0.15, 0.2) is 48.1 Å². The standard InChI is InChI=1S/C19H20N6O2/c1-2-14-8-16(27-24-14)10-22-19(26)13-7-17-18(21-9-13)25(12-23-17)11-15-5-3-4-6-20-15/h3-7,9,12,16H,2,8,10-11H2,1H3,(H,22,26). The van der Waals surface area contributed by atoms with E-state index in [0.717, 1.165) is 29.9 Å². The minimum Gasteiger partial charge on any atom is -0.390 e. The number of carbonyl (C=O) groups is 1. The first-order chi connectivity index (χ1) is 13.2. The molecule has 138 valence electrons. The Labute approximate surface area is 156 Å². The van der Waals surface area contributed by atoms with E-state index in [1.165, 1.54) is 0 Å². The zero-order valence-electron chi connectivity index (χ0n) is 15.0. The summed E-state index contributed by atoms with van der Waals surface area (Å²) in [7, 11) is 0. The fourth-order valence-corrected chi connectivity index (χ4v) is 2.97. The molecule has 4 rings (SSSR count). The van der Waals surface area contributed by atoms with Crippen molar-refractivity contribution in [2.45, 2.75) is 32.4 Å². The van der Waals surface area contributed by atoms with Crippen molar-refractivity contribution in [2.75, 3.05) is 6.54 Å². The van der Waals surface area contributed by atoms with E-state index in [0.29, 0.717) is 24.2 Å². The Morgan fingerprint density at radius 1 is 1.33 bits per heavy atom. The number of hydrogen-bond acceptors (Lipinski definition) is 6. The van der Waals surface area contributed by atoms with Gasteiger partial charge in [0.15, 0.2) is 5.65 Å². The van der Waals surface area contributed by atoms with Crippen molar-refractivity contribution in [1.29, 1.82) is 0 Å². The van der Waals surface area contributed by atoms with E-state index in [1.54, 1.807) is 24.8 Å². The maximum atomic E-state index is 12.4. The minimum atomic E-state index is -0.197. The molecule has 1 N–H and O–H groups in total. The molecular weight excluding hydrogens is 344 g/mol. The topological polar surface area (TPSA) is 94.3 Å². The third-order valence-corrected chi connectivity index (χ3v) is 4.47. The zero-order valence-corrected chi connectivity index (χ0v) is 15.0. The molecule has 0 bridgehead atoms. The monoisotopic (exact) mass is 364 g/mol. The van der Waals surface area contributed by atoms with E-state index in [4.69, 9.17) is 4.84 Å². The van der Waals surface area contributed by atoms with Crippen LogP contribution in [0, 0.1) is 0 Å². The number of amides is 1. The minimum absolute atomic E-state index is 0.0989. The van der Waals surface area contributed by atoms with Crippen LogP contribution in [-0.2, 0) is 11.4 Å². The van der Waals surface area contributed by atoms with Gasteiger partial charge in [0, 0.05) is 18.8 Å². The van der Waals surface area contributed by atoms with Crippen molar-refractivity contribution >= 4 is 22.8 Å². The van der Waals surface area contributed by atoms with Crippen LogP contribution >= 0.6 is 0 Å². The molecule has 8 nitrogen and oxygen atoms in total. The molecule has 0 saturated carbocycles. The first-order valence-electron chi connectivity index (χ1n) is 8.93. The van der Waals surface area contributed by atoms with Gasteiger partial charge in [-0.1, -0.05) is 18.1 Å². The molecule has 1 unspecified atom stereocenters. The first kappa shape index (κ1) is 17.1. The second-order valence-electron chi connectivity index (χ2n) is 6.41. The van der Waals surface area contributed by atoms with E-state index in [9.17, 15) is 4.79 Å².